The number of pyridine rings is 1. The Kier molecular flexibility index (Phi) is 7.89. The number of aryl methyl sites for hydroxylation is 2. The SMILES string of the molecule is COCCCc1cc(Cl)cc(CN(C(=O)[C@H]2CNCC[C@@H]2c2ccn(C)c(=O)c2)C2CC2)c1. The third-order valence-corrected chi connectivity index (χ3v) is 7.03. The molecule has 1 N–H and O–H groups in total. The van der Waals surface area contributed by atoms with Crippen molar-refractivity contribution in [1.29, 1.82) is 0 Å². The van der Waals surface area contributed by atoms with Crippen molar-refractivity contribution < 1.29 is 9.53 Å². The van der Waals surface area contributed by atoms with Gasteiger partial charge in [-0.1, -0.05) is 17.7 Å². The average Bonchev–Trinajstić information content (AvgIpc) is 3.64. The fraction of sp³-hybridized carbons (Fsp3) is 0.538. The van der Waals surface area contributed by atoms with Gasteiger partial charge in [0.05, 0.1) is 5.92 Å². The standard InChI is InChI=1S/C26H34ClN3O3/c1-29-10-8-20(15-25(29)31)23-7-9-28-16-24(23)26(32)30(22-5-6-22)17-19-12-18(4-3-11-33-2)13-21(27)14-19/h8,10,12-15,22-24,28H,3-7,9,11,16-17H2,1-2H3/t23-,24+/m1/s1. The Bertz CT molecular complexity index is 1030. The first kappa shape index (κ1) is 24.0. The molecule has 1 aromatic carbocycles. The van der Waals surface area contributed by atoms with Crippen molar-refractivity contribution in [2.75, 3.05) is 26.8 Å². The predicted molar refractivity (Wildman–Crippen MR) is 131 cm³/mol. The summed E-state index contributed by atoms with van der Waals surface area (Å²) in [6.45, 7) is 2.78. The van der Waals surface area contributed by atoms with Crippen molar-refractivity contribution in [3.8, 4) is 0 Å². The second-order valence-corrected chi connectivity index (χ2v) is 9.81. The molecule has 1 amide bonds. The topological polar surface area (TPSA) is 63.6 Å². The zero-order chi connectivity index (χ0) is 23.4. The first-order valence-electron chi connectivity index (χ1n) is 11.9. The molecule has 33 heavy (non-hydrogen) atoms. The summed E-state index contributed by atoms with van der Waals surface area (Å²) in [7, 11) is 3.46. The van der Waals surface area contributed by atoms with Crippen LogP contribution < -0.4 is 10.9 Å². The van der Waals surface area contributed by atoms with E-state index in [0.29, 0.717) is 30.8 Å². The fourth-order valence-corrected chi connectivity index (χ4v) is 5.15. The van der Waals surface area contributed by atoms with Crippen LogP contribution in [0, 0.1) is 5.92 Å². The molecule has 6 nitrogen and oxygen atoms in total. The van der Waals surface area contributed by atoms with E-state index in [-0.39, 0.29) is 23.3 Å². The van der Waals surface area contributed by atoms with Crippen LogP contribution in [0.4, 0.5) is 0 Å². The lowest BCUT2D eigenvalue weighted by atomic mass is 9.80. The molecule has 0 radical (unpaired) electrons. The Morgan fingerprint density at radius 2 is 2.00 bits per heavy atom. The second kappa shape index (κ2) is 10.9. The number of benzene rings is 1. The number of halogens is 1. The third kappa shape index (κ3) is 6.05. The van der Waals surface area contributed by atoms with E-state index in [1.165, 1.54) is 5.56 Å². The summed E-state index contributed by atoms with van der Waals surface area (Å²) in [6.07, 6.45) is 6.58. The van der Waals surface area contributed by atoms with Gasteiger partial charge in [0.15, 0.2) is 0 Å². The van der Waals surface area contributed by atoms with Crippen LogP contribution in [0.1, 0.15) is 48.3 Å². The maximum Gasteiger partial charge on any atom is 0.250 e. The van der Waals surface area contributed by atoms with E-state index in [4.69, 9.17) is 16.3 Å². The van der Waals surface area contributed by atoms with Gasteiger partial charge >= 0.3 is 0 Å². The van der Waals surface area contributed by atoms with Gasteiger partial charge in [0.2, 0.25) is 5.91 Å². The van der Waals surface area contributed by atoms with Crippen LogP contribution in [0.15, 0.2) is 41.3 Å². The number of amides is 1. The molecule has 1 aromatic heterocycles. The maximum atomic E-state index is 13.9. The molecule has 7 heteroatoms. The largest absolute Gasteiger partial charge is 0.385 e. The summed E-state index contributed by atoms with van der Waals surface area (Å²) in [5, 5.41) is 4.11. The van der Waals surface area contributed by atoms with Crippen molar-refractivity contribution in [3.05, 3.63) is 68.6 Å². The van der Waals surface area contributed by atoms with Crippen LogP contribution in [0.2, 0.25) is 5.02 Å². The van der Waals surface area contributed by atoms with Gasteiger partial charge in [-0.05, 0) is 79.5 Å². The van der Waals surface area contributed by atoms with E-state index in [0.717, 1.165) is 49.8 Å². The van der Waals surface area contributed by atoms with Crippen LogP contribution >= 0.6 is 11.6 Å². The number of carbonyl (C=O) groups excluding carboxylic acids is 1. The van der Waals surface area contributed by atoms with Crippen molar-refractivity contribution in [2.24, 2.45) is 13.0 Å². The number of carbonyl (C=O) groups is 1. The second-order valence-electron chi connectivity index (χ2n) is 9.38. The van der Waals surface area contributed by atoms with E-state index >= 15 is 0 Å². The minimum absolute atomic E-state index is 0.0313. The fourth-order valence-electron chi connectivity index (χ4n) is 4.87. The first-order valence-corrected chi connectivity index (χ1v) is 12.3. The number of methoxy groups -OCH3 is 1. The van der Waals surface area contributed by atoms with Crippen molar-refractivity contribution >= 4 is 17.5 Å². The molecule has 2 heterocycles. The molecule has 2 aromatic rings. The molecular formula is C26H34ClN3O3. The van der Waals surface area contributed by atoms with Crippen LogP contribution in [-0.2, 0) is 29.5 Å². The Morgan fingerprint density at radius 3 is 2.73 bits per heavy atom. The number of nitrogens with one attached hydrogen (secondary N) is 1. The highest BCUT2D eigenvalue weighted by Crippen LogP contribution is 2.36. The van der Waals surface area contributed by atoms with Crippen molar-refractivity contribution in [1.82, 2.24) is 14.8 Å². The number of ether oxygens (including phenoxy) is 1. The minimum Gasteiger partial charge on any atom is -0.385 e. The highest BCUT2D eigenvalue weighted by molar-refractivity contribution is 6.30. The number of aromatic nitrogens is 1. The molecule has 2 fully saturated rings. The quantitative estimate of drug-likeness (QED) is 0.568. The first-order chi connectivity index (χ1) is 16.0. The number of hydrogen-bond donors (Lipinski definition) is 1. The lowest BCUT2D eigenvalue weighted by molar-refractivity contribution is -0.138. The summed E-state index contributed by atoms with van der Waals surface area (Å²) >= 11 is 6.42. The van der Waals surface area contributed by atoms with Crippen LogP contribution in [0.3, 0.4) is 0 Å². The maximum absolute atomic E-state index is 13.9. The molecule has 1 saturated heterocycles. The van der Waals surface area contributed by atoms with Crippen molar-refractivity contribution in [3.63, 3.8) is 0 Å². The Morgan fingerprint density at radius 1 is 1.21 bits per heavy atom. The molecule has 2 aliphatic rings. The van der Waals surface area contributed by atoms with Gasteiger partial charge < -0.3 is 19.5 Å². The monoisotopic (exact) mass is 471 g/mol. The van der Waals surface area contributed by atoms with Gasteiger partial charge in [-0.2, -0.15) is 0 Å². The van der Waals surface area contributed by atoms with E-state index in [1.807, 2.05) is 18.2 Å². The van der Waals surface area contributed by atoms with Gasteiger partial charge in [0, 0.05) is 57.2 Å². The van der Waals surface area contributed by atoms with Gasteiger partial charge in [0.25, 0.3) is 5.56 Å². The highest BCUT2D eigenvalue weighted by atomic mass is 35.5. The molecule has 1 saturated carbocycles. The van der Waals surface area contributed by atoms with E-state index in [1.54, 1.807) is 31.0 Å². The molecule has 2 atom stereocenters. The molecule has 178 valence electrons. The van der Waals surface area contributed by atoms with Crippen LogP contribution in [0.25, 0.3) is 0 Å². The van der Waals surface area contributed by atoms with E-state index in [2.05, 4.69) is 16.3 Å². The molecule has 1 aliphatic heterocycles. The molecule has 0 bridgehead atoms. The number of piperidine rings is 1. The summed E-state index contributed by atoms with van der Waals surface area (Å²) in [6, 6.07) is 10.1. The lowest BCUT2D eigenvalue weighted by Crippen LogP contribution is -2.47. The highest BCUT2D eigenvalue weighted by Gasteiger charge is 2.40. The van der Waals surface area contributed by atoms with E-state index < -0.39 is 0 Å². The molecular weight excluding hydrogens is 438 g/mol. The van der Waals surface area contributed by atoms with Gasteiger partial charge in [-0.25, -0.2) is 0 Å². The van der Waals surface area contributed by atoms with Crippen LogP contribution in [0.5, 0.6) is 0 Å². The minimum atomic E-state index is -0.174. The normalized spacial score (nSPS) is 20.6. The number of nitrogens with zero attached hydrogens (tertiary/aromatic N) is 2. The average molecular weight is 472 g/mol. The van der Waals surface area contributed by atoms with Gasteiger partial charge in [0.1, 0.15) is 0 Å². The Labute approximate surface area is 200 Å². The van der Waals surface area contributed by atoms with Gasteiger partial charge in [-0.15, -0.1) is 0 Å². The predicted octanol–water partition coefficient (Wildman–Crippen LogP) is 3.50. The van der Waals surface area contributed by atoms with E-state index in [9.17, 15) is 9.59 Å². The zero-order valence-corrected chi connectivity index (χ0v) is 20.3. The molecule has 1 aliphatic carbocycles. The number of hydrogen-bond acceptors (Lipinski definition) is 4. The molecule has 0 spiro atoms. The zero-order valence-electron chi connectivity index (χ0n) is 19.6. The number of rotatable bonds is 9. The summed E-state index contributed by atoms with van der Waals surface area (Å²) < 4.78 is 6.75. The van der Waals surface area contributed by atoms with Crippen molar-refractivity contribution in [2.45, 2.75) is 50.6 Å². The summed E-state index contributed by atoms with van der Waals surface area (Å²) in [5.41, 5.74) is 3.19. The Balaban J connectivity index is 1.54. The smallest absolute Gasteiger partial charge is 0.250 e. The summed E-state index contributed by atoms with van der Waals surface area (Å²) in [5.74, 6) is 0.0564. The third-order valence-electron chi connectivity index (χ3n) is 6.81. The summed E-state index contributed by atoms with van der Waals surface area (Å²) in [4.78, 5) is 28.1. The molecule has 4 rings (SSSR count). The molecule has 0 unspecified atom stereocenters. The van der Waals surface area contributed by atoms with Crippen LogP contribution in [-0.4, -0.2) is 48.2 Å². The Hall–Kier alpha value is -2.15. The lowest BCUT2D eigenvalue weighted by Gasteiger charge is -2.35. The van der Waals surface area contributed by atoms with Gasteiger partial charge in [-0.3, -0.25) is 9.59 Å².